The minimum absolute atomic E-state index is 0.708. The number of hydrogen-bond donors (Lipinski definition) is 0. The van der Waals surface area contributed by atoms with E-state index in [9.17, 15) is 0 Å². The summed E-state index contributed by atoms with van der Waals surface area (Å²) in [6.07, 6.45) is 3.65. The van der Waals surface area contributed by atoms with Crippen molar-refractivity contribution in [1.82, 2.24) is 14.5 Å². The molecule has 28 heavy (non-hydrogen) atoms. The first kappa shape index (κ1) is 18.4. The molecule has 0 amide bonds. The van der Waals surface area contributed by atoms with Crippen molar-refractivity contribution in [3.8, 4) is 11.5 Å². The molecule has 2 aromatic carbocycles. The molecule has 0 atom stereocenters. The normalized spacial score (nSPS) is 10.9. The Morgan fingerprint density at radius 1 is 0.929 bits per heavy atom. The van der Waals surface area contributed by atoms with Crippen molar-refractivity contribution in [3.63, 3.8) is 0 Å². The van der Waals surface area contributed by atoms with Crippen LogP contribution in [0.5, 0.6) is 11.5 Å². The van der Waals surface area contributed by atoms with E-state index in [0.717, 1.165) is 39.0 Å². The van der Waals surface area contributed by atoms with Crippen LogP contribution in [0.3, 0.4) is 0 Å². The van der Waals surface area contributed by atoms with Crippen LogP contribution < -0.4 is 9.47 Å². The van der Waals surface area contributed by atoms with Gasteiger partial charge in [0, 0.05) is 11.9 Å². The molecular weight excluding hydrogens is 370 g/mol. The minimum Gasteiger partial charge on any atom is -0.497 e. The summed E-state index contributed by atoms with van der Waals surface area (Å²) in [4.78, 5) is 9.12. The second-order valence-electron chi connectivity index (χ2n) is 6.34. The molecule has 4 rings (SSSR count). The summed E-state index contributed by atoms with van der Waals surface area (Å²) in [5.41, 5.74) is 4.33. The number of ether oxygens (including phenoxy) is 2. The van der Waals surface area contributed by atoms with Crippen LogP contribution in [-0.2, 0) is 12.3 Å². The number of aromatic nitrogens is 3. The van der Waals surface area contributed by atoms with Crippen LogP contribution in [0.4, 0.5) is 0 Å². The molecular formula is C22H21N3O2S. The highest BCUT2D eigenvalue weighted by molar-refractivity contribution is 7.98. The predicted octanol–water partition coefficient (Wildman–Crippen LogP) is 4.79. The fourth-order valence-corrected chi connectivity index (χ4v) is 4.03. The van der Waals surface area contributed by atoms with Gasteiger partial charge in [0.1, 0.15) is 11.5 Å². The smallest absolute Gasteiger partial charge is 0.169 e. The molecule has 2 aromatic heterocycles. The second-order valence-corrected chi connectivity index (χ2v) is 7.28. The summed E-state index contributed by atoms with van der Waals surface area (Å²) in [6.45, 7) is 0.708. The molecule has 0 aliphatic rings. The number of hydrogen-bond acceptors (Lipinski definition) is 5. The summed E-state index contributed by atoms with van der Waals surface area (Å²) in [7, 11) is 3.37. The van der Waals surface area contributed by atoms with Gasteiger partial charge in [-0.3, -0.25) is 4.98 Å². The van der Waals surface area contributed by atoms with Crippen molar-refractivity contribution in [2.24, 2.45) is 0 Å². The van der Waals surface area contributed by atoms with E-state index in [1.165, 1.54) is 5.56 Å². The van der Waals surface area contributed by atoms with Gasteiger partial charge in [0.2, 0.25) is 0 Å². The van der Waals surface area contributed by atoms with E-state index in [1.54, 1.807) is 32.2 Å². The molecule has 0 spiro atoms. The zero-order valence-electron chi connectivity index (χ0n) is 15.8. The highest BCUT2D eigenvalue weighted by Crippen LogP contribution is 2.28. The Labute approximate surface area is 168 Å². The Balaban J connectivity index is 1.64. The first-order valence-corrected chi connectivity index (χ1v) is 9.94. The van der Waals surface area contributed by atoms with Crippen molar-refractivity contribution >= 4 is 22.8 Å². The molecule has 0 radical (unpaired) electrons. The van der Waals surface area contributed by atoms with Gasteiger partial charge in [0.25, 0.3) is 0 Å². The number of fused-ring (bicyclic) bond motifs is 1. The maximum absolute atomic E-state index is 5.36. The number of rotatable bonds is 7. The standard InChI is InChI=1S/C22H21N3O2S/c1-26-18-7-3-5-16(11-18)14-25-21-13-23-10-9-20(21)24-22(25)28-15-17-6-4-8-19(12-17)27-2/h3-13H,14-15H2,1-2H3. The van der Waals surface area contributed by atoms with Gasteiger partial charge < -0.3 is 14.0 Å². The average molecular weight is 391 g/mol. The maximum Gasteiger partial charge on any atom is 0.169 e. The van der Waals surface area contributed by atoms with E-state index >= 15 is 0 Å². The average Bonchev–Trinajstić information content (AvgIpc) is 3.10. The fourth-order valence-electron chi connectivity index (χ4n) is 3.07. The van der Waals surface area contributed by atoms with E-state index in [-0.39, 0.29) is 0 Å². The molecule has 142 valence electrons. The van der Waals surface area contributed by atoms with E-state index in [4.69, 9.17) is 14.5 Å². The Kier molecular flexibility index (Phi) is 5.48. The third-order valence-corrected chi connectivity index (χ3v) is 5.54. The van der Waals surface area contributed by atoms with Crippen molar-refractivity contribution < 1.29 is 9.47 Å². The zero-order valence-corrected chi connectivity index (χ0v) is 16.6. The van der Waals surface area contributed by atoms with Gasteiger partial charge in [-0.05, 0) is 41.5 Å². The van der Waals surface area contributed by atoms with Crippen LogP contribution in [-0.4, -0.2) is 28.8 Å². The Bertz CT molecular complexity index is 1090. The summed E-state index contributed by atoms with van der Waals surface area (Å²) < 4.78 is 12.9. The van der Waals surface area contributed by atoms with Gasteiger partial charge >= 0.3 is 0 Å². The molecule has 0 aliphatic carbocycles. The third kappa shape index (κ3) is 3.97. The topological polar surface area (TPSA) is 49.2 Å². The minimum atomic E-state index is 0.708. The number of benzene rings is 2. The molecule has 2 heterocycles. The SMILES string of the molecule is COc1cccc(CSc2nc3ccncc3n2Cc2cccc(OC)c2)c1. The molecule has 0 fully saturated rings. The largest absolute Gasteiger partial charge is 0.497 e. The molecule has 0 saturated heterocycles. The van der Waals surface area contributed by atoms with Crippen molar-refractivity contribution in [3.05, 3.63) is 78.1 Å². The molecule has 0 unspecified atom stereocenters. The number of thioether (sulfide) groups is 1. The van der Waals surface area contributed by atoms with Gasteiger partial charge in [-0.1, -0.05) is 36.0 Å². The summed E-state index contributed by atoms with van der Waals surface area (Å²) >= 11 is 1.71. The number of imidazole rings is 1. The number of methoxy groups -OCH3 is 2. The van der Waals surface area contributed by atoms with Gasteiger partial charge in [0.05, 0.1) is 38.0 Å². The zero-order chi connectivity index (χ0) is 19.3. The molecule has 0 N–H and O–H groups in total. The van der Waals surface area contributed by atoms with Crippen molar-refractivity contribution in [2.45, 2.75) is 17.5 Å². The number of pyridine rings is 1. The maximum atomic E-state index is 5.36. The highest BCUT2D eigenvalue weighted by Gasteiger charge is 2.13. The van der Waals surface area contributed by atoms with Gasteiger partial charge in [-0.15, -0.1) is 0 Å². The highest BCUT2D eigenvalue weighted by atomic mass is 32.2. The molecule has 0 bridgehead atoms. The third-order valence-electron chi connectivity index (χ3n) is 4.49. The van der Waals surface area contributed by atoms with Crippen LogP contribution in [0.2, 0.25) is 0 Å². The van der Waals surface area contributed by atoms with Crippen LogP contribution in [0.25, 0.3) is 11.0 Å². The van der Waals surface area contributed by atoms with Crippen LogP contribution in [0.15, 0.2) is 72.1 Å². The summed E-state index contributed by atoms with van der Waals surface area (Å²) in [5, 5.41) is 0.966. The van der Waals surface area contributed by atoms with Crippen LogP contribution in [0.1, 0.15) is 11.1 Å². The van der Waals surface area contributed by atoms with Crippen LogP contribution >= 0.6 is 11.8 Å². The lowest BCUT2D eigenvalue weighted by molar-refractivity contribution is 0.414. The Hall–Kier alpha value is -2.99. The lowest BCUT2D eigenvalue weighted by atomic mass is 10.2. The molecule has 0 saturated carbocycles. The monoisotopic (exact) mass is 391 g/mol. The number of nitrogens with zero attached hydrogens (tertiary/aromatic N) is 3. The first-order valence-electron chi connectivity index (χ1n) is 8.96. The molecule has 6 heteroatoms. The van der Waals surface area contributed by atoms with E-state index < -0.39 is 0 Å². The summed E-state index contributed by atoms with van der Waals surface area (Å²) in [5.74, 6) is 2.53. The van der Waals surface area contributed by atoms with Gasteiger partial charge in [-0.2, -0.15) is 0 Å². The summed E-state index contributed by atoms with van der Waals surface area (Å²) in [6, 6.07) is 18.2. The second kappa shape index (κ2) is 8.35. The lowest BCUT2D eigenvalue weighted by Gasteiger charge is -2.10. The molecule has 5 nitrogen and oxygen atoms in total. The van der Waals surface area contributed by atoms with Crippen molar-refractivity contribution in [1.29, 1.82) is 0 Å². The van der Waals surface area contributed by atoms with E-state index in [2.05, 4.69) is 33.8 Å². The van der Waals surface area contributed by atoms with E-state index in [1.807, 2.05) is 36.5 Å². The predicted molar refractivity (Wildman–Crippen MR) is 112 cm³/mol. The fraction of sp³-hybridized carbons (Fsp3) is 0.182. The van der Waals surface area contributed by atoms with Gasteiger partial charge in [0.15, 0.2) is 5.16 Å². The quantitative estimate of drug-likeness (QED) is 0.424. The first-order chi connectivity index (χ1) is 13.8. The molecule has 0 aliphatic heterocycles. The Morgan fingerprint density at radius 3 is 2.39 bits per heavy atom. The molecule has 4 aromatic rings. The van der Waals surface area contributed by atoms with Crippen LogP contribution in [0, 0.1) is 0 Å². The lowest BCUT2D eigenvalue weighted by Crippen LogP contribution is -2.02. The van der Waals surface area contributed by atoms with Crippen molar-refractivity contribution in [2.75, 3.05) is 14.2 Å². The van der Waals surface area contributed by atoms with Gasteiger partial charge in [-0.25, -0.2) is 4.98 Å². The Morgan fingerprint density at radius 2 is 1.64 bits per heavy atom. The van der Waals surface area contributed by atoms with E-state index in [0.29, 0.717) is 6.54 Å².